The van der Waals surface area contributed by atoms with Crippen LogP contribution in [0.2, 0.25) is 0 Å². The van der Waals surface area contributed by atoms with Crippen molar-refractivity contribution < 1.29 is 9.53 Å². The lowest BCUT2D eigenvalue weighted by molar-refractivity contribution is -0.131. The Bertz CT molecular complexity index is 562. The highest BCUT2D eigenvalue weighted by Crippen LogP contribution is 2.26. The molecule has 0 aromatic heterocycles. The smallest absolute Gasteiger partial charge is 0.335 e. The summed E-state index contributed by atoms with van der Waals surface area (Å²) in [7, 11) is 0. The number of hydrogen-bond acceptors (Lipinski definition) is 3. The first kappa shape index (κ1) is 14.5. The van der Waals surface area contributed by atoms with Crippen molar-refractivity contribution in [2.45, 2.75) is 13.3 Å². The summed E-state index contributed by atoms with van der Waals surface area (Å²) < 4.78 is 5.27. The fraction of sp³-hybridized carbons (Fsp3) is 0.125. The van der Waals surface area contributed by atoms with Gasteiger partial charge < -0.3 is 4.74 Å². The van der Waals surface area contributed by atoms with E-state index in [1.807, 2.05) is 43.3 Å². The monoisotopic (exact) mass is 253 g/mol. The molecule has 0 amide bonds. The minimum atomic E-state index is -0.560. The lowest BCUT2D eigenvalue weighted by Crippen LogP contribution is -2.04. The quantitative estimate of drug-likeness (QED) is 0.265. The second kappa shape index (κ2) is 6.97. The van der Waals surface area contributed by atoms with Crippen LogP contribution in [0.1, 0.15) is 18.9 Å². The number of carbonyl (C=O) groups excluding carboxylic acids is 1. The molecule has 19 heavy (non-hydrogen) atoms. The summed E-state index contributed by atoms with van der Waals surface area (Å²) in [5, 5.41) is 8.98. The lowest BCUT2D eigenvalue weighted by Gasteiger charge is -2.13. The number of benzene rings is 1. The summed E-state index contributed by atoms with van der Waals surface area (Å²) in [5.74, 6) is -0.199. The summed E-state index contributed by atoms with van der Waals surface area (Å²) in [5.41, 5.74) is 1.63. The Balaban J connectivity index is 3.37. The third-order valence-electron chi connectivity index (χ3n) is 2.53. The first-order valence-corrected chi connectivity index (χ1v) is 5.86. The molecular weight excluding hydrogens is 238 g/mol. The van der Waals surface area contributed by atoms with Crippen molar-refractivity contribution in [3.63, 3.8) is 0 Å². The fourth-order valence-corrected chi connectivity index (χ4v) is 1.61. The van der Waals surface area contributed by atoms with E-state index in [9.17, 15) is 4.79 Å². The van der Waals surface area contributed by atoms with Gasteiger partial charge in [-0.05, 0) is 6.42 Å². The van der Waals surface area contributed by atoms with E-state index in [1.54, 1.807) is 0 Å². The maximum Gasteiger partial charge on any atom is 0.335 e. The Morgan fingerprint density at radius 3 is 2.53 bits per heavy atom. The molecule has 0 saturated heterocycles. The van der Waals surface area contributed by atoms with E-state index in [4.69, 9.17) is 10.00 Å². The van der Waals surface area contributed by atoms with Gasteiger partial charge in [0.2, 0.25) is 0 Å². The van der Waals surface area contributed by atoms with Gasteiger partial charge in [0.25, 0.3) is 0 Å². The van der Waals surface area contributed by atoms with Crippen LogP contribution >= 0.6 is 0 Å². The van der Waals surface area contributed by atoms with E-state index in [2.05, 4.69) is 13.2 Å². The first-order valence-electron chi connectivity index (χ1n) is 5.86. The number of carbonyl (C=O) groups is 1. The van der Waals surface area contributed by atoms with E-state index in [0.717, 1.165) is 11.6 Å². The molecule has 3 nitrogen and oxygen atoms in total. The number of rotatable bonds is 5. The van der Waals surface area contributed by atoms with Crippen molar-refractivity contribution in [3.05, 3.63) is 66.3 Å². The summed E-state index contributed by atoms with van der Waals surface area (Å²) in [6, 6.07) is 11.1. The van der Waals surface area contributed by atoms with Crippen LogP contribution in [0.4, 0.5) is 0 Å². The molecule has 0 spiro atoms. The molecule has 0 fully saturated rings. The molecule has 1 aromatic rings. The molecule has 0 aliphatic heterocycles. The average Bonchev–Trinajstić information content (AvgIpc) is 2.47. The molecule has 0 aliphatic rings. The summed E-state index contributed by atoms with van der Waals surface area (Å²) in [4.78, 5) is 11.4. The van der Waals surface area contributed by atoms with Gasteiger partial charge in [-0.25, -0.2) is 4.79 Å². The molecular formula is C16H15NO2. The predicted octanol–water partition coefficient (Wildman–Crippen LogP) is 3.62. The van der Waals surface area contributed by atoms with Gasteiger partial charge in [-0.15, -0.1) is 0 Å². The second-order valence-corrected chi connectivity index (χ2v) is 3.74. The van der Waals surface area contributed by atoms with E-state index >= 15 is 0 Å². The van der Waals surface area contributed by atoms with E-state index in [0.29, 0.717) is 23.3 Å². The number of nitriles is 1. The van der Waals surface area contributed by atoms with Crippen molar-refractivity contribution in [1.82, 2.24) is 0 Å². The van der Waals surface area contributed by atoms with Gasteiger partial charge in [0.1, 0.15) is 5.76 Å². The van der Waals surface area contributed by atoms with Crippen molar-refractivity contribution in [2.75, 3.05) is 0 Å². The second-order valence-electron chi connectivity index (χ2n) is 3.74. The topological polar surface area (TPSA) is 50.1 Å². The van der Waals surface area contributed by atoms with Gasteiger partial charge in [-0.3, -0.25) is 0 Å². The van der Waals surface area contributed by atoms with Gasteiger partial charge >= 0.3 is 5.97 Å². The Morgan fingerprint density at radius 1 is 1.42 bits per heavy atom. The first-order chi connectivity index (χ1) is 9.13. The van der Waals surface area contributed by atoms with Crippen molar-refractivity contribution in [2.24, 2.45) is 0 Å². The highest BCUT2D eigenvalue weighted by Gasteiger charge is 2.14. The van der Waals surface area contributed by atoms with Gasteiger partial charge in [0, 0.05) is 17.2 Å². The molecule has 0 N–H and O–H groups in total. The molecule has 1 rings (SSSR count). The number of hydrogen-bond donors (Lipinski definition) is 0. The number of allylic oxidation sites excluding steroid dienone is 2. The van der Waals surface area contributed by atoms with E-state index < -0.39 is 5.97 Å². The van der Waals surface area contributed by atoms with Gasteiger partial charge in [0.15, 0.2) is 0 Å². The van der Waals surface area contributed by atoms with E-state index in [1.165, 1.54) is 0 Å². The molecule has 0 saturated carbocycles. The molecule has 3 heteroatoms. The van der Waals surface area contributed by atoms with Crippen LogP contribution in [-0.4, -0.2) is 5.97 Å². The maximum atomic E-state index is 11.4. The number of esters is 1. The summed E-state index contributed by atoms with van der Waals surface area (Å²) >= 11 is 0. The zero-order chi connectivity index (χ0) is 14.3. The largest absolute Gasteiger partial charge is 0.422 e. The highest BCUT2D eigenvalue weighted by molar-refractivity contribution is 5.87. The normalized spacial score (nSPS) is 10.9. The van der Waals surface area contributed by atoms with Crippen molar-refractivity contribution in [3.8, 4) is 6.07 Å². The van der Waals surface area contributed by atoms with Crippen LogP contribution in [0.25, 0.3) is 5.76 Å². The Labute approximate surface area is 113 Å². The molecule has 96 valence electrons. The third-order valence-corrected chi connectivity index (χ3v) is 2.53. The molecule has 1 aromatic carbocycles. The molecule has 0 atom stereocenters. The minimum Gasteiger partial charge on any atom is -0.422 e. The lowest BCUT2D eigenvalue weighted by atomic mass is 10.0. The fourth-order valence-electron chi connectivity index (χ4n) is 1.61. The number of nitrogens with zero attached hydrogens (tertiary/aromatic N) is 1. The highest BCUT2D eigenvalue weighted by atomic mass is 16.5. The Kier molecular flexibility index (Phi) is 5.31. The van der Waals surface area contributed by atoms with Crippen LogP contribution in [0, 0.1) is 11.3 Å². The molecule has 0 aliphatic carbocycles. The van der Waals surface area contributed by atoms with Crippen LogP contribution in [-0.2, 0) is 9.53 Å². The average molecular weight is 253 g/mol. The molecule has 0 radical (unpaired) electrons. The van der Waals surface area contributed by atoms with Gasteiger partial charge in [0.05, 0.1) is 11.6 Å². The predicted molar refractivity (Wildman–Crippen MR) is 74.7 cm³/mol. The van der Waals surface area contributed by atoms with Crippen molar-refractivity contribution >= 4 is 11.7 Å². The minimum absolute atomic E-state index is 0.290. The molecule has 0 heterocycles. The number of ether oxygens (including phenoxy) is 1. The maximum absolute atomic E-state index is 11.4. The Hall–Kier alpha value is -2.60. The van der Waals surface area contributed by atoms with Crippen LogP contribution in [0.3, 0.4) is 0 Å². The van der Waals surface area contributed by atoms with Crippen LogP contribution in [0.5, 0.6) is 0 Å². The van der Waals surface area contributed by atoms with Crippen LogP contribution in [0.15, 0.2) is 60.7 Å². The van der Waals surface area contributed by atoms with Crippen LogP contribution < -0.4 is 0 Å². The van der Waals surface area contributed by atoms with Gasteiger partial charge in [-0.1, -0.05) is 50.4 Å². The SMILES string of the molecule is C=CC(=O)OC(=C(CC)C(=C)C#N)c1ccccc1. The Morgan fingerprint density at radius 2 is 2.05 bits per heavy atom. The standard InChI is InChI=1S/C16H15NO2/c1-4-14(12(3)11-17)16(19-15(18)5-2)13-9-7-6-8-10-13/h5-10H,2-4H2,1H3. The van der Waals surface area contributed by atoms with E-state index in [-0.39, 0.29) is 0 Å². The third kappa shape index (κ3) is 3.68. The zero-order valence-corrected chi connectivity index (χ0v) is 10.8. The summed E-state index contributed by atoms with van der Waals surface area (Å²) in [6.07, 6.45) is 1.63. The van der Waals surface area contributed by atoms with Crippen molar-refractivity contribution in [1.29, 1.82) is 5.26 Å². The zero-order valence-electron chi connectivity index (χ0n) is 10.8. The summed E-state index contributed by atoms with van der Waals surface area (Å²) in [6.45, 7) is 8.94. The molecule has 0 bridgehead atoms. The molecule has 0 unspecified atom stereocenters. The van der Waals surface area contributed by atoms with Gasteiger partial charge in [-0.2, -0.15) is 5.26 Å².